The van der Waals surface area contributed by atoms with Crippen molar-refractivity contribution >= 4 is 11.8 Å². The molecule has 0 saturated heterocycles. The molecule has 1 heterocycles. The van der Waals surface area contributed by atoms with Crippen LogP contribution in [0, 0.1) is 12.8 Å². The molecule has 0 bridgehead atoms. The standard InChI is InChI=1S/C13H22N4O3/c1-8(2)7-11(13-17-16-10(4)20-13)15-12(19)5-6-14-9(3)18/h8,11H,5-7H2,1-4H3,(H,14,18)(H,15,19). The molecule has 112 valence electrons. The predicted molar refractivity (Wildman–Crippen MR) is 72.7 cm³/mol. The number of aryl methyl sites for hydroxylation is 1. The average molecular weight is 282 g/mol. The Kier molecular flexibility index (Phi) is 6.14. The van der Waals surface area contributed by atoms with Gasteiger partial charge in [0.25, 0.3) is 0 Å². The monoisotopic (exact) mass is 282 g/mol. The Morgan fingerprint density at radius 2 is 2.00 bits per heavy atom. The van der Waals surface area contributed by atoms with Gasteiger partial charge >= 0.3 is 0 Å². The molecule has 2 amide bonds. The lowest BCUT2D eigenvalue weighted by Gasteiger charge is -2.17. The van der Waals surface area contributed by atoms with Gasteiger partial charge in [-0.05, 0) is 12.3 Å². The van der Waals surface area contributed by atoms with Crippen LogP contribution in [0.2, 0.25) is 0 Å². The number of nitrogens with zero attached hydrogens (tertiary/aromatic N) is 2. The normalized spacial score (nSPS) is 12.2. The molecule has 1 atom stereocenters. The lowest BCUT2D eigenvalue weighted by molar-refractivity contribution is -0.122. The molecule has 1 unspecified atom stereocenters. The van der Waals surface area contributed by atoms with E-state index in [2.05, 4.69) is 34.7 Å². The molecule has 7 nitrogen and oxygen atoms in total. The van der Waals surface area contributed by atoms with Crippen molar-refractivity contribution in [1.82, 2.24) is 20.8 Å². The van der Waals surface area contributed by atoms with Crippen molar-refractivity contribution < 1.29 is 14.0 Å². The number of rotatable bonds is 7. The van der Waals surface area contributed by atoms with Crippen LogP contribution in [0.1, 0.15) is 51.4 Å². The van der Waals surface area contributed by atoms with Crippen LogP contribution in [-0.4, -0.2) is 28.6 Å². The van der Waals surface area contributed by atoms with E-state index >= 15 is 0 Å². The van der Waals surface area contributed by atoms with Crippen molar-refractivity contribution in [2.75, 3.05) is 6.54 Å². The highest BCUT2D eigenvalue weighted by molar-refractivity contribution is 5.78. The fraction of sp³-hybridized carbons (Fsp3) is 0.692. The van der Waals surface area contributed by atoms with Crippen LogP contribution < -0.4 is 10.6 Å². The van der Waals surface area contributed by atoms with Gasteiger partial charge in [-0.25, -0.2) is 0 Å². The van der Waals surface area contributed by atoms with Gasteiger partial charge in [0, 0.05) is 26.8 Å². The topological polar surface area (TPSA) is 97.1 Å². The highest BCUT2D eigenvalue weighted by Crippen LogP contribution is 2.20. The van der Waals surface area contributed by atoms with Crippen LogP contribution in [0.3, 0.4) is 0 Å². The zero-order valence-corrected chi connectivity index (χ0v) is 12.4. The maximum absolute atomic E-state index is 11.8. The number of hydrogen-bond donors (Lipinski definition) is 2. The van der Waals surface area contributed by atoms with Gasteiger partial charge in [0.2, 0.25) is 23.6 Å². The van der Waals surface area contributed by atoms with Crippen LogP contribution in [0.15, 0.2) is 4.42 Å². The first-order chi connectivity index (χ1) is 9.38. The van der Waals surface area contributed by atoms with Crippen molar-refractivity contribution in [3.63, 3.8) is 0 Å². The number of aromatic nitrogens is 2. The van der Waals surface area contributed by atoms with E-state index in [1.54, 1.807) is 6.92 Å². The third-order valence-corrected chi connectivity index (χ3v) is 2.61. The number of carbonyl (C=O) groups excluding carboxylic acids is 2. The minimum atomic E-state index is -0.291. The third kappa shape index (κ3) is 5.81. The summed E-state index contributed by atoms with van der Waals surface area (Å²) in [5.74, 6) is 0.970. The first-order valence-corrected chi connectivity index (χ1v) is 6.72. The molecule has 0 aliphatic rings. The first-order valence-electron chi connectivity index (χ1n) is 6.72. The highest BCUT2D eigenvalue weighted by Gasteiger charge is 2.21. The van der Waals surface area contributed by atoms with Crippen LogP contribution in [0.5, 0.6) is 0 Å². The molecular formula is C13H22N4O3. The quantitative estimate of drug-likeness (QED) is 0.780. The van der Waals surface area contributed by atoms with Gasteiger partial charge in [0.1, 0.15) is 6.04 Å². The van der Waals surface area contributed by atoms with Gasteiger partial charge in [0.05, 0.1) is 0 Å². The molecule has 2 N–H and O–H groups in total. The van der Waals surface area contributed by atoms with Crippen molar-refractivity contribution in [3.8, 4) is 0 Å². The van der Waals surface area contributed by atoms with Crippen molar-refractivity contribution in [1.29, 1.82) is 0 Å². The number of carbonyl (C=O) groups is 2. The molecule has 20 heavy (non-hydrogen) atoms. The van der Waals surface area contributed by atoms with E-state index in [1.165, 1.54) is 6.92 Å². The van der Waals surface area contributed by atoms with Crippen LogP contribution >= 0.6 is 0 Å². The number of hydrogen-bond acceptors (Lipinski definition) is 5. The Bertz CT molecular complexity index is 456. The van der Waals surface area contributed by atoms with Gasteiger partial charge in [-0.3, -0.25) is 9.59 Å². The SMILES string of the molecule is CC(=O)NCCC(=O)NC(CC(C)C)c1nnc(C)o1. The minimum absolute atomic E-state index is 0.149. The smallest absolute Gasteiger partial charge is 0.238 e. The predicted octanol–water partition coefficient (Wildman–Crippen LogP) is 1.11. The highest BCUT2D eigenvalue weighted by atomic mass is 16.4. The zero-order valence-electron chi connectivity index (χ0n) is 12.4. The third-order valence-electron chi connectivity index (χ3n) is 2.61. The molecule has 0 fully saturated rings. The van der Waals surface area contributed by atoms with Crippen LogP contribution in [0.4, 0.5) is 0 Å². The van der Waals surface area contributed by atoms with E-state index in [1.807, 2.05) is 0 Å². The van der Waals surface area contributed by atoms with Crippen LogP contribution in [0.25, 0.3) is 0 Å². The summed E-state index contributed by atoms with van der Waals surface area (Å²) in [4.78, 5) is 22.6. The molecule has 0 spiro atoms. The second-order valence-corrected chi connectivity index (χ2v) is 5.14. The fourth-order valence-electron chi connectivity index (χ4n) is 1.76. The Labute approximate surface area is 118 Å². The summed E-state index contributed by atoms with van der Waals surface area (Å²) < 4.78 is 5.38. The molecule has 1 rings (SSSR count). The van der Waals surface area contributed by atoms with Gasteiger partial charge in [-0.1, -0.05) is 13.8 Å². The van der Waals surface area contributed by atoms with Gasteiger partial charge < -0.3 is 15.1 Å². The largest absolute Gasteiger partial charge is 0.423 e. The molecule has 1 aromatic rings. The summed E-state index contributed by atoms with van der Waals surface area (Å²) in [6.45, 7) is 7.56. The number of amides is 2. The fourth-order valence-corrected chi connectivity index (χ4v) is 1.76. The van der Waals surface area contributed by atoms with E-state index in [-0.39, 0.29) is 24.3 Å². The molecule has 0 radical (unpaired) electrons. The molecular weight excluding hydrogens is 260 g/mol. The summed E-state index contributed by atoms with van der Waals surface area (Å²) in [6, 6.07) is -0.291. The lowest BCUT2D eigenvalue weighted by atomic mass is 10.0. The Morgan fingerprint density at radius 1 is 1.30 bits per heavy atom. The molecule has 0 saturated carbocycles. The molecule has 0 aliphatic heterocycles. The molecule has 0 aliphatic carbocycles. The average Bonchev–Trinajstić information content (AvgIpc) is 2.74. The van der Waals surface area contributed by atoms with Gasteiger partial charge in [0.15, 0.2) is 0 Å². The van der Waals surface area contributed by atoms with Crippen molar-refractivity contribution in [3.05, 3.63) is 11.8 Å². The molecule has 0 aromatic carbocycles. The van der Waals surface area contributed by atoms with Gasteiger partial charge in [-0.2, -0.15) is 0 Å². The Hall–Kier alpha value is -1.92. The molecule has 1 aromatic heterocycles. The van der Waals surface area contributed by atoms with E-state index in [9.17, 15) is 9.59 Å². The second-order valence-electron chi connectivity index (χ2n) is 5.14. The summed E-state index contributed by atoms with van der Waals surface area (Å²) in [6.07, 6.45) is 0.939. The summed E-state index contributed by atoms with van der Waals surface area (Å²) in [5, 5.41) is 13.2. The summed E-state index contributed by atoms with van der Waals surface area (Å²) >= 11 is 0. The maximum Gasteiger partial charge on any atom is 0.238 e. The van der Waals surface area contributed by atoms with E-state index in [0.29, 0.717) is 30.7 Å². The summed E-state index contributed by atoms with van der Waals surface area (Å²) in [7, 11) is 0. The van der Waals surface area contributed by atoms with E-state index in [0.717, 1.165) is 0 Å². The zero-order chi connectivity index (χ0) is 15.1. The van der Waals surface area contributed by atoms with Crippen LogP contribution in [-0.2, 0) is 9.59 Å². The summed E-state index contributed by atoms with van der Waals surface area (Å²) in [5.41, 5.74) is 0. The Balaban J connectivity index is 2.56. The number of nitrogens with one attached hydrogen (secondary N) is 2. The maximum atomic E-state index is 11.8. The van der Waals surface area contributed by atoms with E-state index in [4.69, 9.17) is 4.42 Å². The Morgan fingerprint density at radius 3 is 2.50 bits per heavy atom. The first kappa shape index (κ1) is 16.1. The van der Waals surface area contributed by atoms with Gasteiger partial charge in [-0.15, -0.1) is 10.2 Å². The van der Waals surface area contributed by atoms with Crippen molar-refractivity contribution in [2.24, 2.45) is 5.92 Å². The minimum Gasteiger partial charge on any atom is -0.423 e. The molecule has 7 heteroatoms. The van der Waals surface area contributed by atoms with Crippen molar-refractivity contribution in [2.45, 2.75) is 46.6 Å². The van der Waals surface area contributed by atoms with E-state index < -0.39 is 0 Å². The lowest BCUT2D eigenvalue weighted by Crippen LogP contribution is -2.33. The second kappa shape index (κ2) is 7.62.